The summed E-state index contributed by atoms with van der Waals surface area (Å²) >= 11 is 0. The van der Waals surface area contributed by atoms with Gasteiger partial charge >= 0.3 is 18.0 Å². The molecule has 1 aromatic carbocycles. The van der Waals surface area contributed by atoms with Gasteiger partial charge in [-0.15, -0.1) is 0 Å². The first kappa shape index (κ1) is 14.0. The highest BCUT2D eigenvalue weighted by molar-refractivity contribution is 5.93. The minimum atomic E-state index is -4.85. The molecule has 0 unspecified atom stereocenters. The maximum Gasteiger partial charge on any atom is 0.468 e. The molecule has 0 saturated carbocycles. The van der Waals surface area contributed by atoms with Crippen LogP contribution in [0.4, 0.5) is 17.6 Å². The third-order valence-corrected chi connectivity index (χ3v) is 2.35. The summed E-state index contributed by atoms with van der Waals surface area (Å²) in [4.78, 5) is 14.5. The highest BCUT2D eigenvalue weighted by Crippen LogP contribution is 2.34. The number of rotatable bonds is 2. The van der Waals surface area contributed by atoms with E-state index in [0.29, 0.717) is 0 Å². The number of ether oxygens (including phenoxy) is 1. The minimum Gasteiger partial charge on any atom is -0.464 e. The summed E-state index contributed by atoms with van der Waals surface area (Å²) < 4.78 is 59.4. The number of carbonyl (C=O) groups excluding carboxylic acids is 1. The van der Waals surface area contributed by atoms with Crippen molar-refractivity contribution in [3.63, 3.8) is 0 Å². The predicted octanol–water partition coefficient (Wildman–Crippen LogP) is 3.29. The molecule has 0 aliphatic rings. The van der Waals surface area contributed by atoms with Crippen molar-refractivity contribution in [2.45, 2.75) is 6.18 Å². The molecule has 0 aliphatic carbocycles. The molecule has 106 valence electrons. The number of alkyl halides is 3. The first-order valence-corrected chi connectivity index (χ1v) is 5.25. The second kappa shape index (κ2) is 4.95. The number of benzene rings is 1. The lowest BCUT2D eigenvalue weighted by Gasteiger charge is -2.00. The Labute approximate surface area is 110 Å². The summed E-state index contributed by atoms with van der Waals surface area (Å²) in [7, 11) is 0.999. The van der Waals surface area contributed by atoms with Crippen LogP contribution in [0.15, 0.2) is 28.7 Å². The average molecular weight is 289 g/mol. The van der Waals surface area contributed by atoms with E-state index in [1.165, 1.54) is 12.1 Å². The molecule has 0 amide bonds. The van der Waals surface area contributed by atoms with E-state index >= 15 is 0 Å². The molecule has 0 bridgehead atoms. The average Bonchev–Trinajstić information content (AvgIpc) is 2.83. The molecule has 0 atom stereocenters. The van der Waals surface area contributed by atoms with E-state index < -0.39 is 35.3 Å². The summed E-state index contributed by atoms with van der Waals surface area (Å²) in [6, 6.07) is 4.38. The number of oxazole rings is 1. The molecule has 2 aromatic rings. The van der Waals surface area contributed by atoms with Gasteiger partial charge in [-0.3, -0.25) is 0 Å². The molecule has 2 rings (SSSR count). The van der Waals surface area contributed by atoms with Gasteiger partial charge in [-0.2, -0.15) is 18.2 Å². The van der Waals surface area contributed by atoms with Crippen LogP contribution in [0.1, 0.15) is 16.4 Å². The zero-order valence-electron chi connectivity index (χ0n) is 9.99. The smallest absolute Gasteiger partial charge is 0.464 e. The van der Waals surface area contributed by atoms with Crippen molar-refractivity contribution in [3.05, 3.63) is 41.7 Å². The molecular formula is C12H7F4NO3. The highest BCUT2D eigenvalue weighted by atomic mass is 19.4. The van der Waals surface area contributed by atoms with Gasteiger partial charge in [0, 0.05) is 5.56 Å². The van der Waals surface area contributed by atoms with Crippen molar-refractivity contribution in [2.24, 2.45) is 0 Å². The van der Waals surface area contributed by atoms with Crippen molar-refractivity contribution in [1.29, 1.82) is 0 Å². The monoisotopic (exact) mass is 289 g/mol. The van der Waals surface area contributed by atoms with Crippen LogP contribution in [0.2, 0.25) is 0 Å². The van der Waals surface area contributed by atoms with E-state index in [0.717, 1.165) is 19.2 Å². The Hall–Kier alpha value is -2.38. The lowest BCUT2D eigenvalue weighted by molar-refractivity contribution is -0.156. The molecule has 4 nitrogen and oxygen atoms in total. The molecule has 0 saturated heterocycles. The third-order valence-electron chi connectivity index (χ3n) is 2.35. The van der Waals surface area contributed by atoms with Crippen molar-refractivity contribution in [3.8, 4) is 11.3 Å². The fourth-order valence-corrected chi connectivity index (χ4v) is 1.47. The molecule has 0 N–H and O–H groups in total. The van der Waals surface area contributed by atoms with Crippen LogP contribution in [0, 0.1) is 5.82 Å². The van der Waals surface area contributed by atoms with Gasteiger partial charge in [-0.1, -0.05) is 0 Å². The van der Waals surface area contributed by atoms with Gasteiger partial charge in [0.1, 0.15) is 5.82 Å². The lowest BCUT2D eigenvalue weighted by atomic mass is 10.1. The number of hydrogen-bond acceptors (Lipinski definition) is 4. The van der Waals surface area contributed by atoms with Crippen LogP contribution in [0.3, 0.4) is 0 Å². The van der Waals surface area contributed by atoms with Gasteiger partial charge in [-0.25, -0.2) is 9.18 Å². The molecule has 0 radical (unpaired) electrons. The molecule has 20 heavy (non-hydrogen) atoms. The maximum absolute atomic E-state index is 12.8. The first-order chi connectivity index (χ1) is 9.32. The molecular weight excluding hydrogens is 282 g/mol. The van der Waals surface area contributed by atoms with Gasteiger partial charge in [0.25, 0.3) is 0 Å². The Balaban J connectivity index is 2.58. The van der Waals surface area contributed by atoms with Gasteiger partial charge in [0.05, 0.1) is 7.11 Å². The fraction of sp³-hybridized carbons (Fsp3) is 0.167. The highest BCUT2D eigenvalue weighted by Gasteiger charge is 2.40. The SMILES string of the molecule is COC(=O)c1nc(C(F)(F)F)oc1-c1ccc(F)cc1. The number of aromatic nitrogens is 1. The predicted molar refractivity (Wildman–Crippen MR) is 58.2 cm³/mol. The van der Waals surface area contributed by atoms with E-state index in [2.05, 4.69) is 14.1 Å². The molecule has 0 aliphatic heterocycles. The largest absolute Gasteiger partial charge is 0.468 e. The number of hydrogen-bond donors (Lipinski definition) is 0. The second-order valence-corrected chi connectivity index (χ2v) is 3.69. The topological polar surface area (TPSA) is 52.3 Å². The van der Waals surface area contributed by atoms with Crippen LogP contribution in [0.5, 0.6) is 0 Å². The zero-order chi connectivity index (χ0) is 14.9. The Kier molecular flexibility index (Phi) is 3.47. The number of methoxy groups -OCH3 is 1. The van der Waals surface area contributed by atoms with E-state index in [-0.39, 0.29) is 5.56 Å². The van der Waals surface area contributed by atoms with Crippen LogP contribution >= 0.6 is 0 Å². The summed E-state index contributed by atoms with van der Waals surface area (Å²) in [5, 5.41) is 0. The van der Waals surface area contributed by atoms with Crippen molar-refractivity contribution >= 4 is 5.97 Å². The second-order valence-electron chi connectivity index (χ2n) is 3.69. The lowest BCUT2D eigenvalue weighted by Crippen LogP contribution is -2.07. The van der Waals surface area contributed by atoms with Crippen LogP contribution in [0.25, 0.3) is 11.3 Å². The first-order valence-electron chi connectivity index (χ1n) is 5.25. The van der Waals surface area contributed by atoms with Crippen LogP contribution < -0.4 is 0 Å². The Bertz CT molecular complexity index is 631. The summed E-state index contributed by atoms with van der Waals surface area (Å²) in [5.74, 6) is -3.66. The van der Waals surface area contributed by atoms with Crippen LogP contribution in [-0.4, -0.2) is 18.1 Å². The quantitative estimate of drug-likeness (QED) is 0.629. The van der Waals surface area contributed by atoms with Gasteiger partial charge in [0.2, 0.25) is 0 Å². The van der Waals surface area contributed by atoms with Gasteiger partial charge < -0.3 is 9.15 Å². The molecule has 0 spiro atoms. The number of esters is 1. The van der Waals surface area contributed by atoms with Crippen molar-refractivity contribution < 1.29 is 31.5 Å². The fourth-order valence-electron chi connectivity index (χ4n) is 1.47. The summed E-state index contributed by atoms with van der Waals surface area (Å²) in [6.07, 6.45) is -4.85. The standard InChI is InChI=1S/C12H7F4NO3/c1-19-10(18)8-9(6-2-4-7(13)5-3-6)20-11(17-8)12(14,15)16/h2-5H,1H3. The molecule has 1 aromatic heterocycles. The van der Waals surface area contributed by atoms with Gasteiger partial charge in [0.15, 0.2) is 11.5 Å². The number of halogens is 4. The van der Waals surface area contributed by atoms with E-state index in [1.807, 2.05) is 0 Å². The molecule has 0 fully saturated rings. The number of nitrogens with zero attached hydrogens (tertiary/aromatic N) is 1. The van der Waals surface area contributed by atoms with E-state index in [1.54, 1.807) is 0 Å². The number of carbonyl (C=O) groups is 1. The van der Waals surface area contributed by atoms with Gasteiger partial charge in [-0.05, 0) is 24.3 Å². The third kappa shape index (κ3) is 2.63. The zero-order valence-corrected chi connectivity index (χ0v) is 9.99. The Morgan fingerprint density at radius 3 is 2.35 bits per heavy atom. The Morgan fingerprint density at radius 2 is 1.85 bits per heavy atom. The van der Waals surface area contributed by atoms with E-state index in [9.17, 15) is 22.4 Å². The van der Waals surface area contributed by atoms with E-state index in [4.69, 9.17) is 0 Å². The normalized spacial score (nSPS) is 11.4. The maximum atomic E-state index is 12.8. The molecule has 1 heterocycles. The Morgan fingerprint density at radius 1 is 1.25 bits per heavy atom. The summed E-state index contributed by atoms with van der Waals surface area (Å²) in [5.41, 5.74) is -0.541. The van der Waals surface area contributed by atoms with Crippen molar-refractivity contribution in [1.82, 2.24) is 4.98 Å². The summed E-state index contributed by atoms with van der Waals surface area (Å²) in [6.45, 7) is 0. The van der Waals surface area contributed by atoms with Crippen LogP contribution in [-0.2, 0) is 10.9 Å². The minimum absolute atomic E-state index is 0.0785. The molecule has 8 heteroatoms. The van der Waals surface area contributed by atoms with Crippen molar-refractivity contribution in [2.75, 3.05) is 7.11 Å².